The predicted molar refractivity (Wildman–Crippen MR) is 86.5 cm³/mol. The molecule has 124 valence electrons. The average molecular weight is 330 g/mol. The second kappa shape index (κ2) is 7.87. The molecular weight excluding hydrogens is 315 g/mol. The number of nitrogens with one attached hydrogen (secondary N) is 2. The van der Waals surface area contributed by atoms with Gasteiger partial charge in [-0.3, -0.25) is 4.79 Å². The zero-order valence-electron chi connectivity index (χ0n) is 12.5. The van der Waals surface area contributed by atoms with Gasteiger partial charge >= 0.3 is 12.0 Å². The Morgan fingerprint density at radius 2 is 1.50 bits per heavy atom. The summed E-state index contributed by atoms with van der Waals surface area (Å²) in [6.07, 6.45) is 0.439. The summed E-state index contributed by atoms with van der Waals surface area (Å²) in [5.41, 5.74) is 1.36. The first-order chi connectivity index (χ1) is 11.5. The lowest BCUT2D eigenvalue weighted by molar-refractivity contribution is -0.139. The summed E-state index contributed by atoms with van der Waals surface area (Å²) < 4.78 is 12.8. The Kier molecular flexibility index (Phi) is 5.62. The number of carboxylic acids is 1. The van der Waals surface area contributed by atoms with E-state index in [9.17, 15) is 18.8 Å². The van der Waals surface area contributed by atoms with Crippen LogP contribution >= 0.6 is 0 Å². The van der Waals surface area contributed by atoms with Crippen LogP contribution in [0.15, 0.2) is 48.5 Å². The largest absolute Gasteiger partial charge is 0.481 e. The Labute approximate surface area is 137 Å². The molecule has 3 N–H and O–H groups in total. The van der Waals surface area contributed by atoms with Gasteiger partial charge in [0.15, 0.2) is 0 Å². The number of carbonyl (C=O) groups is 3. The smallest absolute Gasteiger partial charge is 0.323 e. The molecule has 2 rings (SSSR count). The lowest BCUT2D eigenvalue weighted by Gasteiger charge is -2.11. The molecule has 0 spiro atoms. The van der Waals surface area contributed by atoms with Gasteiger partial charge in [-0.05, 0) is 42.0 Å². The number of rotatable bonds is 6. The number of carbonyl (C=O) groups excluding carboxylic acids is 2. The third-order valence-corrected chi connectivity index (χ3v) is 3.30. The molecule has 2 aromatic carbocycles. The first-order valence-corrected chi connectivity index (χ1v) is 7.09. The van der Waals surface area contributed by atoms with Crippen LogP contribution in [0.4, 0.5) is 20.6 Å². The minimum atomic E-state index is -1.09. The maximum absolute atomic E-state index is 12.8. The fourth-order valence-electron chi connectivity index (χ4n) is 2.10. The van der Waals surface area contributed by atoms with Crippen molar-refractivity contribution in [2.75, 3.05) is 10.6 Å². The van der Waals surface area contributed by atoms with Gasteiger partial charge in [-0.1, -0.05) is 12.1 Å². The van der Waals surface area contributed by atoms with E-state index in [1.54, 1.807) is 12.1 Å². The number of carboxylic acid groups (broad SMARTS) is 1. The molecule has 0 aliphatic rings. The highest BCUT2D eigenvalue weighted by molar-refractivity contribution is 5.99. The summed E-state index contributed by atoms with van der Waals surface area (Å²) >= 11 is 0. The molecule has 0 heterocycles. The first-order valence-electron chi connectivity index (χ1n) is 7.09. The van der Waals surface area contributed by atoms with E-state index in [1.165, 1.54) is 36.4 Å². The molecule has 2 amide bonds. The summed E-state index contributed by atoms with van der Waals surface area (Å²) in [4.78, 5) is 33.5. The molecule has 0 bridgehead atoms. The molecule has 2 aromatic rings. The number of hydrogen-bond donors (Lipinski definition) is 3. The maximum Gasteiger partial charge on any atom is 0.323 e. The van der Waals surface area contributed by atoms with Crippen molar-refractivity contribution >= 4 is 29.7 Å². The monoisotopic (exact) mass is 330 g/mol. The Hall–Kier alpha value is -3.22. The summed E-state index contributed by atoms with van der Waals surface area (Å²) in [5, 5.41) is 14.2. The zero-order valence-corrected chi connectivity index (χ0v) is 12.5. The van der Waals surface area contributed by atoms with E-state index in [4.69, 9.17) is 5.11 Å². The molecule has 0 radical (unpaired) electrons. The third kappa shape index (κ3) is 4.64. The van der Waals surface area contributed by atoms with Gasteiger partial charge in [-0.15, -0.1) is 0 Å². The lowest BCUT2D eigenvalue weighted by Crippen LogP contribution is -2.19. The van der Waals surface area contributed by atoms with Crippen molar-refractivity contribution in [3.05, 3.63) is 59.9 Å². The molecule has 6 nitrogen and oxygen atoms in total. The Morgan fingerprint density at radius 1 is 1.00 bits per heavy atom. The molecule has 0 fully saturated rings. The van der Waals surface area contributed by atoms with Gasteiger partial charge in [0.2, 0.25) is 0 Å². The topological polar surface area (TPSA) is 95.5 Å². The van der Waals surface area contributed by atoms with Crippen molar-refractivity contribution in [1.82, 2.24) is 0 Å². The highest BCUT2D eigenvalue weighted by Crippen LogP contribution is 2.21. The lowest BCUT2D eigenvalue weighted by atomic mass is 9.96. The predicted octanol–water partition coefficient (Wildman–Crippen LogP) is 3.23. The number of aldehydes is 1. The van der Waals surface area contributed by atoms with E-state index in [1.807, 2.05) is 0 Å². The molecular formula is C17H15FN2O4. The van der Waals surface area contributed by atoms with Gasteiger partial charge < -0.3 is 20.5 Å². The maximum atomic E-state index is 12.8. The van der Waals surface area contributed by atoms with E-state index >= 15 is 0 Å². The van der Waals surface area contributed by atoms with E-state index in [0.29, 0.717) is 23.2 Å². The molecule has 0 saturated heterocycles. The molecule has 0 aromatic heterocycles. The van der Waals surface area contributed by atoms with Crippen LogP contribution in [0.1, 0.15) is 17.9 Å². The number of anilines is 2. The summed E-state index contributed by atoms with van der Waals surface area (Å²) in [6, 6.07) is 10.9. The first kappa shape index (κ1) is 17.1. The van der Waals surface area contributed by atoms with E-state index in [-0.39, 0.29) is 6.42 Å². The van der Waals surface area contributed by atoms with Crippen molar-refractivity contribution in [2.24, 2.45) is 0 Å². The third-order valence-electron chi connectivity index (χ3n) is 3.30. The van der Waals surface area contributed by atoms with Gasteiger partial charge in [0.25, 0.3) is 0 Å². The molecule has 1 atom stereocenters. The summed E-state index contributed by atoms with van der Waals surface area (Å²) in [7, 11) is 0. The molecule has 24 heavy (non-hydrogen) atoms. The summed E-state index contributed by atoms with van der Waals surface area (Å²) in [6.45, 7) is 0. The van der Waals surface area contributed by atoms with Crippen molar-refractivity contribution in [3.8, 4) is 0 Å². The van der Waals surface area contributed by atoms with Crippen LogP contribution in [0, 0.1) is 5.82 Å². The molecule has 0 aliphatic carbocycles. The van der Waals surface area contributed by atoms with Crippen LogP contribution in [-0.2, 0) is 9.59 Å². The molecule has 0 saturated carbocycles. The van der Waals surface area contributed by atoms with Gasteiger partial charge in [0.1, 0.15) is 12.1 Å². The minimum Gasteiger partial charge on any atom is -0.481 e. The molecule has 7 heteroatoms. The van der Waals surface area contributed by atoms with Crippen LogP contribution in [-0.4, -0.2) is 23.4 Å². The van der Waals surface area contributed by atoms with Gasteiger partial charge in [0, 0.05) is 17.8 Å². The Bertz CT molecular complexity index is 729. The highest BCUT2D eigenvalue weighted by Gasteiger charge is 2.19. The second-order valence-electron chi connectivity index (χ2n) is 5.00. The highest BCUT2D eigenvalue weighted by atomic mass is 19.1. The van der Waals surface area contributed by atoms with Crippen LogP contribution < -0.4 is 10.6 Å². The van der Waals surface area contributed by atoms with Gasteiger partial charge in [0.05, 0.1) is 5.92 Å². The quantitative estimate of drug-likeness (QED) is 0.709. The van der Waals surface area contributed by atoms with Crippen LogP contribution in [0.25, 0.3) is 0 Å². The van der Waals surface area contributed by atoms with Crippen LogP contribution in [0.5, 0.6) is 0 Å². The number of urea groups is 1. The fourth-order valence-corrected chi connectivity index (χ4v) is 2.10. The molecule has 1 unspecified atom stereocenters. The van der Waals surface area contributed by atoms with Crippen molar-refractivity contribution in [2.45, 2.75) is 12.3 Å². The second-order valence-corrected chi connectivity index (χ2v) is 5.00. The normalized spacial score (nSPS) is 11.4. The van der Waals surface area contributed by atoms with E-state index in [0.717, 1.165) is 0 Å². The fraction of sp³-hybridized carbons (Fsp3) is 0.118. The van der Waals surface area contributed by atoms with E-state index < -0.39 is 23.7 Å². The van der Waals surface area contributed by atoms with Crippen molar-refractivity contribution in [3.63, 3.8) is 0 Å². The SMILES string of the molecule is O=CCC(C(=O)O)c1ccc(NC(=O)Nc2ccc(F)cc2)cc1. The Balaban J connectivity index is 2.00. The summed E-state index contributed by atoms with van der Waals surface area (Å²) in [5.74, 6) is -2.40. The van der Waals surface area contributed by atoms with Gasteiger partial charge in [-0.25, -0.2) is 9.18 Å². The number of aliphatic carboxylic acids is 1. The minimum absolute atomic E-state index is 0.118. The van der Waals surface area contributed by atoms with E-state index in [2.05, 4.69) is 10.6 Å². The number of hydrogen-bond acceptors (Lipinski definition) is 3. The van der Waals surface area contributed by atoms with Crippen LogP contribution in [0.3, 0.4) is 0 Å². The van der Waals surface area contributed by atoms with Gasteiger partial charge in [-0.2, -0.15) is 0 Å². The number of halogens is 1. The van der Waals surface area contributed by atoms with Crippen molar-refractivity contribution < 1.29 is 23.9 Å². The van der Waals surface area contributed by atoms with Crippen molar-refractivity contribution in [1.29, 1.82) is 0 Å². The Morgan fingerprint density at radius 3 is 1.96 bits per heavy atom. The average Bonchev–Trinajstić information content (AvgIpc) is 2.55. The zero-order chi connectivity index (χ0) is 17.5. The molecule has 0 aliphatic heterocycles. The standard InChI is InChI=1S/C17H15FN2O4/c18-12-3-7-14(8-4-12)20-17(24)19-13-5-1-11(2-6-13)15(9-10-21)16(22)23/h1-8,10,15H,9H2,(H,22,23)(H2,19,20,24). The number of benzene rings is 2. The number of amides is 2. The van der Waals surface area contributed by atoms with Crippen LogP contribution in [0.2, 0.25) is 0 Å².